The Bertz CT molecular complexity index is 86.6. The molecule has 0 spiro atoms. The Hall–Kier alpha value is -0.180. The first-order chi connectivity index (χ1) is 3.72. The van der Waals surface area contributed by atoms with Crippen LogP contribution in [-0.4, -0.2) is 23.7 Å². The average molecular weight is 137 g/mol. The fourth-order valence-corrected chi connectivity index (χ4v) is 0.337. The molecule has 0 aromatic rings. The summed E-state index contributed by atoms with van der Waals surface area (Å²) in [5.41, 5.74) is 4.99. The van der Waals surface area contributed by atoms with Crippen LogP contribution in [0.3, 0.4) is 0 Å². The normalized spacial score (nSPS) is 12.9. The largest absolute Gasteiger partial charge is 0.450 e. The van der Waals surface area contributed by atoms with Gasteiger partial charge >= 0.3 is 5.97 Å². The van der Waals surface area contributed by atoms with Crippen LogP contribution in [0.5, 0.6) is 0 Å². The summed E-state index contributed by atoms with van der Waals surface area (Å²) in [5, 5.41) is 8.20. The zero-order valence-electron chi connectivity index (χ0n) is 4.20. The van der Waals surface area contributed by atoms with E-state index in [0.717, 1.165) is 0 Å². The first kappa shape index (κ1) is 7.82. The number of nitrogens with two attached hydrogens (primary N) is 1. The predicted molar refractivity (Wildman–Crippen MR) is 30.9 cm³/mol. The second-order valence-electron chi connectivity index (χ2n) is 1.23. The van der Waals surface area contributed by atoms with Crippen molar-refractivity contribution in [2.45, 2.75) is 6.04 Å². The first-order valence-electron chi connectivity index (χ1n) is 1.99. The van der Waals surface area contributed by atoms with Crippen LogP contribution in [0, 0.1) is 0 Å². The minimum Gasteiger partial charge on any atom is -0.450 e. The van der Waals surface area contributed by atoms with E-state index in [4.69, 9.17) is 10.8 Å². The molecular formula is C3H8NO3P. The Kier molecular flexibility index (Phi) is 3.69. The highest BCUT2D eigenvalue weighted by Gasteiger charge is 2.10. The van der Waals surface area contributed by atoms with Gasteiger partial charge in [-0.3, -0.25) is 4.79 Å². The van der Waals surface area contributed by atoms with Crippen molar-refractivity contribution in [3.63, 3.8) is 0 Å². The monoisotopic (exact) mass is 137 g/mol. The van der Waals surface area contributed by atoms with Gasteiger partial charge < -0.3 is 15.4 Å². The van der Waals surface area contributed by atoms with Gasteiger partial charge in [-0.1, -0.05) is 0 Å². The Labute approximate surface area is 49.3 Å². The lowest BCUT2D eigenvalue weighted by Gasteiger charge is -2.02. The van der Waals surface area contributed by atoms with Crippen molar-refractivity contribution in [1.29, 1.82) is 0 Å². The van der Waals surface area contributed by atoms with Crippen molar-refractivity contribution in [2.75, 3.05) is 6.61 Å². The molecule has 2 atom stereocenters. The molecule has 8 heavy (non-hydrogen) atoms. The molecule has 0 fully saturated rings. The summed E-state index contributed by atoms with van der Waals surface area (Å²) in [6, 6.07) is -0.910. The highest BCUT2D eigenvalue weighted by Crippen LogP contribution is 1.89. The minimum atomic E-state index is -0.910. The topological polar surface area (TPSA) is 72.5 Å². The van der Waals surface area contributed by atoms with Crippen LogP contribution in [0.25, 0.3) is 0 Å². The van der Waals surface area contributed by atoms with Gasteiger partial charge in [-0.2, -0.15) is 0 Å². The number of carbonyl (C=O) groups is 1. The van der Waals surface area contributed by atoms with Gasteiger partial charge in [-0.05, 0) is 0 Å². The van der Waals surface area contributed by atoms with Crippen molar-refractivity contribution < 1.29 is 14.4 Å². The summed E-state index contributed by atoms with van der Waals surface area (Å²) in [4.78, 5) is 10.2. The molecule has 48 valence electrons. The number of hydrogen-bond donors (Lipinski definition) is 2. The highest BCUT2D eigenvalue weighted by atomic mass is 31.0. The molecule has 0 saturated carbocycles. The quantitative estimate of drug-likeness (QED) is 0.461. The van der Waals surface area contributed by atoms with Crippen molar-refractivity contribution in [1.82, 2.24) is 0 Å². The maximum atomic E-state index is 10.2. The Morgan fingerprint density at radius 3 is 2.62 bits per heavy atom. The molecule has 3 N–H and O–H groups in total. The summed E-state index contributed by atoms with van der Waals surface area (Å²) >= 11 is 0. The predicted octanol–water partition coefficient (Wildman–Crippen LogP) is -1.36. The van der Waals surface area contributed by atoms with E-state index in [1.54, 1.807) is 9.47 Å². The van der Waals surface area contributed by atoms with Crippen molar-refractivity contribution >= 4 is 15.4 Å². The third-order valence-electron chi connectivity index (χ3n) is 0.616. The molecule has 5 heteroatoms. The van der Waals surface area contributed by atoms with Gasteiger partial charge in [-0.25, -0.2) is 0 Å². The van der Waals surface area contributed by atoms with Gasteiger partial charge in [0.2, 0.25) is 0 Å². The molecule has 0 aromatic carbocycles. The summed E-state index contributed by atoms with van der Waals surface area (Å²) in [7, 11) is 1.75. The van der Waals surface area contributed by atoms with Crippen LogP contribution >= 0.6 is 9.47 Å². The van der Waals surface area contributed by atoms with Crippen LogP contribution in [0.15, 0.2) is 0 Å². The highest BCUT2D eigenvalue weighted by molar-refractivity contribution is 7.10. The van der Waals surface area contributed by atoms with E-state index in [2.05, 4.69) is 4.52 Å². The number of aliphatic hydroxyl groups excluding tert-OH is 1. The fourth-order valence-electron chi connectivity index (χ4n) is 0.162. The molecule has 1 unspecified atom stereocenters. The van der Waals surface area contributed by atoms with Gasteiger partial charge in [0.1, 0.15) is 6.04 Å². The molecule has 0 aliphatic rings. The van der Waals surface area contributed by atoms with Crippen molar-refractivity contribution in [2.24, 2.45) is 5.73 Å². The second-order valence-corrected chi connectivity index (χ2v) is 1.46. The number of rotatable bonds is 2. The van der Waals surface area contributed by atoms with E-state index in [1.807, 2.05) is 0 Å². The van der Waals surface area contributed by atoms with Crippen molar-refractivity contribution in [3.8, 4) is 0 Å². The average Bonchev–Trinajstić information content (AvgIpc) is 1.84. The smallest absolute Gasteiger partial charge is 0.327 e. The van der Waals surface area contributed by atoms with Crippen LogP contribution in [-0.2, 0) is 9.32 Å². The zero-order chi connectivity index (χ0) is 6.57. The lowest BCUT2D eigenvalue weighted by atomic mass is 10.3. The van der Waals surface area contributed by atoms with E-state index in [-0.39, 0.29) is 6.61 Å². The second kappa shape index (κ2) is 3.78. The van der Waals surface area contributed by atoms with E-state index in [9.17, 15) is 4.79 Å². The number of aliphatic hydroxyl groups is 1. The summed E-state index contributed by atoms with van der Waals surface area (Å²) in [5.74, 6) is -0.627. The third kappa shape index (κ3) is 2.21. The Morgan fingerprint density at radius 1 is 2.00 bits per heavy atom. The van der Waals surface area contributed by atoms with Crippen LogP contribution in [0.4, 0.5) is 0 Å². The Morgan fingerprint density at radius 2 is 2.50 bits per heavy atom. The molecular weight excluding hydrogens is 129 g/mol. The maximum absolute atomic E-state index is 10.2. The van der Waals surface area contributed by atoms with E-state index in [0.29, 0.717) is 0 Å². The Balaban J connectivity index is 3.46. The third-order valence-corrected chi connectivity index (χ3v) is 0.848. The maximum Gasteiger partial charge on any atom is 0.327 e. The lowest BCUT2D eigenvalue weighted by molar-refractivity contribution is -0.135. The molecule has 0 aliphatic carbocycles. The molecule has 0 aliphatic heterocycles. The molecule has 0 bridgehead atoms. The van der Waals surface area contributed by atoms with Crippen LogP contribution in [0.1, 0.15) is 0 Å². The van der Waals surface area contributed by atoms with Gasteiger partial charge in [0, 0.05) is 0 Å². The lowest BCUT2D eigenvalue weighted by Crippen LogP contribution is -2.33. The molecule has 4 nitrogen and oxygen atoms in total. The molecule has 0 amide bonds. The SMILES string of the molecule is N[C@@H](CO)C(=O)OP. The molecule has 0 radical (unpaired) electrons. The summed E-state index contributed by atoms with van der Waals surface area (Å²) < 4.78 is 4.10. The number of hydrogen-bond acceptors (Lipinski definition) is 4. The fraction of sp³-hybridized carbons (Fsp3) is 0.667. The molecule has 0 aromatic heterocycles. The van der Waals surface area contributed by atoms with E-state index in [1.165, 1.54) is 0 Å². The summed E-state index contributed by atoms with van der Waals surface area (Å²) in [6.07, 6.45) is 0. The van der Waals surface area contributed by atoms with Crippen LogP contribution in [0.2, 0.25) is 0 Å². The molecule has 0 rings (SSSR count). The zero-order valence-corrected chi connectivity index (χ0v) is 5.36. The first-order valence-corrected chi connectivity index (χ1v) is 2.46. The van der Waals surface area contributed by atoms with Crippen LogP contribution < -0.4 is 5.73 Å². The van der Waals surface area contributed by atoms with Gasteiger partial charge in [0.25, 0.3) is 0 Å². The van der Waals surface area contributed by atoms with Crippen molar-refractivity contribution in [3.05, 3.63) is 0 Å². The van der Waals surface area contributed by atoms with Gasteiger partial charge in [0.15, 0.2) is 0 Å². The van der Waals surface area contributed by atoms with E-state index >= 15 is 0 Å². The summed E-state index contributed by atoms with van der Waals surface area (Å²) in [6.45, 7) is -0.382. The molecule has 0 heterocycles. The van der Waals surface area contributed by atoms with Gasteiger partial charge in [-0.15, -0.1) is 0 Å². The minimum absolute atomic E-state index is 0.382. The number of carbonyl (C=O) groups excluding carboxylic acids is 1. The van der Waals surface area contributed by atoms with Gasteiger partial charge in [0.05, 0.1) is 16.1 Å². The molecule has 0 saturated heterocycles. The van der Waals surface area contributed by atoms with E-state index < -0.39 is 12.0 Å². The standard InChI is InChI=1S/C3H8NO3P/c4-2(1-5)3(6)7-8/h2,5H,1,4,8H2/t2-/m0/s1.